The van der Waals surface area contributed by atoms with Gasteiger partial charge in [-0.3, -0.25) is 0 Å². The maximum Gasteiger partial charge on any atom is 0.130 e. The van der Waals surface area contributed by atoms with Gasteiger partial charge in [0.2, 0.25) is 0 Å². The highest BCUT2D eigenvalue weighted by Crippen LogP contribution is 2.23. The van der Waals surface area contributed by atoms with Gasteiger partial charge in [-0.2, -0.15) is 0 Å². The molecule has 0 amide bonds. The minimum Gasteiger partial charge on any atom is -0.347 e. The standard InChI is InChI=1S/C13H13FN2S/c1-7-4-5-10(14)6-11(7)12-13(17)16-9(3)8(2)15-12/h4-6H,1-3H3,(H,16,17). The van der Waals surface area contributed by atoms with E-state index in [4.69, 9.17) is 12.2 Å². The fourth-order valence-electron chi connectivity index (χ4n) is 1.65. The van der Waals surface area contributed by atoms with E-state index in [-0.39, 0.29) is 5.82 Å². The number of H-pyrrole nitrogens is 1. The van der Waals surface area contributed by atoms with Crippen LogP contribution in [0.25, 0.3) is 11.3 Å². The summed E-state index contributed by atoms with van der Waals surface area (Å²) in [6.07, 6.45) is 0. The zero-order valence-corrected chi connectivity index (χ0v) is 10.8. The highest BCUT2D eigenvalue weighted by Gasteiger charge is 2.09. The van der Waals surface area contributed by atoms with Crippen LogP contribution in [-0.4, -0.2) is 9.97 Å². The molecule has 1 aromatic carbocycles. The average Bonchev–Trinajstić information content (AvgIpc) is 2.27. The molecule has 4 heteroatoms. The molecular formula is C13H13FN2S. The minimum absolute atomic E-state index is 0.278. The average molecular weight is 248 g/mol. The van der Waals surface area contributed by atoms with E-state index in [1.165, 1.54) is 12.1 Å². The van der Waals surface area contributed by atoms with Crippen LogP contribution in [0.3, 0.4) is 0 Å². The topological polar surface area (TPSA) is 28.7 Å². The number of aromatic nitrogens is 2. The summed E-state index contributed by atoms with van der Waals surface area (Å²) < 4.78 is 13.8. The fourth-order valence-corrected chi connectivity index (χ4v) is 1.96. The Balaban J connectivity index is 2.72. The number of rotatable bonds is 1. The quantitative estimate of drug-likeness (QED) is 0.776. The molecular weight excluding hydrogens is 235 g/mol. The van der Waals surface area contributed by atoms with Crippen molar-refractivity contribution in [3.63, 3.8) is 0 Å². The van der Waals surface area contributed by atoms with Gasteiger partial charge in [-0.15, -0.1) is 0 Å². The van der Waals surface area contributed by atoms with E-state index in [0.29, 0.717) is 10.3 Å². The largest absolute Gasteiger partial charge is 0.347 e. The van der Waals surface area contributed by atoms with E-state index in [9.17, 15) is 4.39 Å². The van der Waals surface area contributed by atoms with Gasteiger partial charge in [0.15, 0.2) is 0 Å². The monoisotopic (exact) mass is 248 g/mol. The Morgan fingerprint density at radius 3 is 2.65 bits per heavy atom. The van der Waals surface area contributed by atoms with E-state index in [1.807, 2.05) is 20.8 Å². The maximum absolute atomic E-state index is 13.3. The Morgan fingerprint density at radius 1 is 1.24 bits per heavy atom. The number of nitrogens with one attached hydrogen (secondary N) is 1. The van der Waals surface area contributed by atoms with Gasteiger partial charge in [-0.05, 0) is 38.5 Å². The predicted molar refractivity (Wildman–Crippen MR) is 69.0 cm³/mol. The normalized spacial score (nSPS) is 10.6. The molecule has 17 heavy (non-hydrogen) atoms. The molecule has 0 radical (unpaired) electrons. The molecule has 1 aromatic heterocycles. The van der Waals surface area contributed by atoms with Crippen LogP contribution in [0, 0.1) is 31.2 Å². The summed E-state index contributed by atoms with van der Waals surface area (Å²) in [6.45, 7) is 5.74. The van der Waals surface area contributed by atoms with Gasteiger partial charge in [0.05, 0.1) is 5.69 Å². The van der Waals surface area contributed by atoms with Gasteiger partial charge in [0.25, 0.3) is 0 Å². The van der Waals surface area contributed by atoms with Crippen LogP contribution in [0.5, 0.6) is 0 Å². The van der Waals surface area contributed by atoms with E-state index >= 15 is 0 Å². The van der Waals surface area contributed by atoms with Crippen molar-refractivity contribution in [2.24, 2.45) is 0 Å². The second-order valence-corrected chi connectivity index (χ2v) is 4.49. The predicted octanol–water partition coefficient (Wildman–Crippen LogP) is 3.87. The summed E-state index contributed by atoms with van der Waals surface area (Å²) in [4.78, 5) is 7.52. The van der Waals surface area contributed by atoms with Crippen LogP contribution < -0.4 is 0 Å². The van der Waals surface area contributed by atoms with E-state index in [2.05, 4.69) is 9.97 Å². The lowest BCUT2D eigenvalue weighted by Crippen LogP contribution is -1.97. The van der Waals surface area contributed by atoms with E-state index in [1.54, 1.807) is 6.07 Å². The number of hydrogen-bond acceptors (Lipinski definition) is 2. The first kappa shape index (κ1) is 11.9. The highest BCUT2D eigenvalue weighted by atomic mass is 32.1. The smallest absolute Gasteiger partial charge is 0.130 e. The molecule has 2 rings (SSSR count). The summed E-state index contributed by atoms with van der Waals surface area (Å²) in [7, 11) is 0. The molecule has 88 valence electrons. The van der Waals surface area contributed by atoms with Crippen molar-refractivity contribution in [3.8, 4) is 11.3 Å². The van der Waals surface area contributed by atoms with Gasteiger partial charge in [-0.25, -0.2) is 9.37 Å². The molecule has 0 aliphatic heterocycles. The Labute approximate surface area is 105 Å². The third-order valence-corrected chi connectivity index (χ3v) is 3.09. The first-order valence-electron chi connectivity index (χ1n) is 5.33. The lowest BCUT2D eigenvalue weighted by atomic mass is 10.1. The van der Waals surface area contributed by atoms with Crippen LogP contribution in [0.1, 0.15) is 17.0 Å². The third kappa shape index (κ3) is 2.26. The van der Waals surface area contributed by atoms with Gasteiger partial charge in [0, 0.05) is 11.3 Å². The highest BCUT2D eigenvalue weighted by molar-refractivity contribution is 7.71. The first-order chi connectivity index (χ1) is 7.99. The minimum atomic E-state index is -0.278. The molecule has 1 heterocycles. The van der Waals surface area contributed by atoms with E-state index < -0.39 is 0 Å². The number of hydrogen-bond donors (Lipinski definition) is 1. The molecule has 0 unspecified atom stereocenters. The van der Waals surface area contributed by atoms with Crippen molar-refractivity contribution >= 4 is 12.2 Å². The van der Waals surface area contributed by atoms with Crippen molar-refractivity contribution in [3.05, 3.63) is 45.6 Å². The number of aryl methyl sites for hydroxylation is 3. The summed E-state index contributed by atoms with van der Waals surface area (Å²) >= 11 is 5.24. The first-order valence-corrected chi connectivity index (χ1v) is 5.74. The Bertz CT molecular complexity index is 632. The van der Waals surface area contributed by atoms with Gasteiger partial charge in [0.1, 0.15) is 16.2 Å². The van der Waals surface area contributed by atoms with Crippen molar-refractivity contribution in [1.82, 2.24) is 9.97 Å². The number of nitrogens with zero attached hydrogens (tertiary/aromatic N) is 1. The van der Waals surface area contributed by atoms with Gasteiger partial charge >= 0.3 is 0 Å². The zero-order chi connectivity index (χ0) is 12.6. The Kier molecular flexibility index (Phi) is 3.07. The summed E-state index contributed by atoms with van der Waals surface area (Å²) in [5.74, 6) is -0.278. The van der Waals surface area contributed by atoms with Crippen molar-refractivity contribution in [1.29, 1.82) is 0 Å². The summed E-state index contributed by atoms with van der Waals surface area (Å²) in [5.41, 5.74) is 4.15. The summed E-state index contributed by atoms with van der Waals surface area (Å²) in [6, 6.07) is 4.64. The molecule has 0 saturated carbocycles. The van der Waals surface area contributed by atoms with Crippen LogP contribution in [-0.2, 0) is 0 Å². The molecule has 0 fully saturated rings. The third-order valence-electron chi connectivity index (χ3n) is 2.79. The molecule has 2 aromatic rings. The molecule has 0 aliphatic rings. The van der Waals surface area contributed by atoms with Crippen molar-refractivity contribution in [2.45, 2.75) is 20.8 Å². The molecule has 2 nitrogen and oxygen atoms in total. The molecule has 0 saturated heterocycles. The van der Waals surface area contributed by atoms with Crippen LogP contribution >= 0.6 is 12.2 Å². The molecule has 0 atom stereocenters. The molecule has 0 spiro atoms. The van der Waals surface area contributed by atoms with Crippen LogP contribution in [0.4, 0.5) is 4.39 Å². The van der Waals surface area contributed by atoms with E-state index in [0.717, 1.165) is 22.5 Å². The van der Waals surface area contributed by atoms with Crippen LogP contribution in [0.2, 0.25) is 0 Å². The molecule has 0 bridgehead atoms. The lowest BCUT2D eigenvalue weighted by Gasteiger charge is -2.08. The number of benzene rings is 1. The lowest BCUT2D eigenvalue weighted by molar-refractivity contribution is 0.628. The Morgan fingerprint density at radius 2 is 1.94 bits per heavy atom. The van der Waals surface area contributed by atoms with Crippen LogP contribution in [0.15, 0.2) is 18.2 Å². The molecule has 0 aliphatic carbocycles. The summed E-state index contributed by atoms with van der Waals surface area (Å²) in [5, 5.41) is 0. The second-order valence-electron chi connectivity index (χ2n) is 4.08. The van der Waals surface area contributed by atoms with Crippen molar-refractivity contribution < 1.29 is 4.39 Å². The second kappa shape index (κ2) is 4.37. The SMILES string of the molecule is Cc1ccc(F)cc1-c1nc(C)c(C)[nH]c1=S. The molecule has 1 N–H and O–H groups in total. The number of halogens is 1. The maximum atomic E-state index is 13.3. The van der Waals surface area contributed by atoms with Crippen molar-refractivity contribution in [2.75, 3.05) is 0 Å². The Hall–Kier alpha value is -1.55. The number of aromatic amines is 1. The van der Waals surface area contributed by atoms with Gasteiger partial charge in [-0.1, -0.05) is 18.3 Å². The zero-order valence-electron chi connectivity index (χ0n) is 9.97. The van der Waals surface area contributed by atoms with Gasteiger partial charge < -0.3 is 4.98 Å². The fraction of sp³-hybridized carbons (Fsp3) is 0.231.